The predicted molar refractivity (Wildman–Crippen MR) is 89.1 cm³/mol. The van der Waals surface area contributed by atoms with Crippen LogP contribution in [0.1, 0.15) is 34.5 Å². The van der Waals surface area contributed by atoms with Crippen molar-refractivity contribution in [3.63, 3.8) is 0 Å². The van der Waals surface area contributed by atoms with Gasteiger partial charge in [-0.1, -0.05) is 12.1 Å². The Bertz CT molecular complexity index is 806. The summed E-state index contributed by atoms with van der Waals surface area (Å²) >= 11 is 0. The van der Waals surface area contributed by atoms with E-state index in [-0.39, 0.29) is 17.4 Å². The number of hydrogen-bond acceptors (Lipinski definition) is 4. The van der Waals surface area contributed by atoms with Crippen molar-refractivity contribution in [2.24, 2.45) is 0 Å². The van der Waals surface area contributed by atoms with E-state index in [0.29, 0.717) is 37.9 Å². The maximum Gasteiger partial charge on any atom is 0.272 e. The van der Waals surface area contributed by atoms with Crippen molar-refractivity contribution in [3.8, 4) is 6.07 Å². The van der Waals surface area contributed by atoms with Crippen molar-refractivity contribution in [2.45, 2.75) is 24.9 Å². The average Bonchev–Trinajstić information content (AvgIpc) is 2.64. The van der Waals surface area contributed by atoms with E-state index in [1.807, 2.05) is 6.07 Å². The number of pyridine rings is 1. The van der Waals surface area contributed by atoms with Gasteiger partial charge in [-0.3, -0.25) is 9.78 Å². The fraction of sp³-hybridized carbons (Fsp3) is 0.316. The normalized spacial score (nSPS) is 16.3. The zero-order valence-electron chi connectivity index (χ0n) is 13.7. The second-order valence-corrected chi connectivity index (χ2v) is 6.36. The number of aromatic nitrogens is 1. The Morgan fingerprint density at radius 2 is 1.96 bits per heavy atom. The number of carbonyl (C=O) groups excluding carboxylic acids is 1. The van der Waals surface area contributed by atoms with Crippen LogP contribution in [0.4, 0.5) is 4.39 Å². The Morgan fingerprint density at radius 3 is 2.60 bits per heavy atom. The minimum Gasteiger partial charge on any atom is -0.389 e. The molecule has 3 rings (SSSR count). The molecule has 0 unspecified atom stereocenters. The van der Waals surface area contributed by atoms with Crippen LogP contribution in [0.3, 0.4) is 0 Å². The first-order chi connectivity index (χ1) is 12.0. The van der Waals surface area contributed by atoms with Gasteiger partial charge in [-0.05, 0) is 42.7 Å². The van der Waals surface area contributed by atoms with Gasteiger partial charge in [0.15, 0.2) is 0 Å². The van der Waals surface area contributed by atoms with E-state index >= 15 is 0 Å². The van der Waals surface area contributed by atoms with E-state index in [2.05, 4.69) is 4.98 Å². The SMILES string of the molecule is N#Cc1ccnc(C(=O)N2CCC(O)(Cc3ccc(F)cc3)CC2)c1. The number of nitrogens with zero attached hydrogens (tertiary/aromatic N) is 3. The summed E-state index contributed by atoms with van der Waals surface area (Å²) < 4.78 is 13.0. The standard InChI is InChI=1S/C19H18FN3O2/c20-16-3-1-14(2-4-16)12-19(25)6-9-23(10-7-19)18(24)17-11-15(13-21)5-8-22-17/h1-5,8,11,25H,6-7,9-10,12H2. The minimum atomic E-state index is -0.906. The molecular weight excluding hydrogens is 321 g/mol. The fourth-order valence-electron chi connectivity index (χ4n) is 3.06. The number of piperidine rings is 1. The van der Waals surface area contributed by atoms with E-state index in [0.717, 1.165) is 5.56 Å². The number of likely N-dealkylation sites (tertiary alicyclic amines) is 1. The highest BCUT2D eigenvalue weighted by Crippen LogP contribution is 2.27. The Kier molecular flexibility index (Phi) is 4.77. The molecule has 1 aromatic carbocycles. The lowest BCUT2D eigenvalue weighted by molar-refractivity contribution is -0.0163. The molecule has 0 radical (unpaired) electrons. The molecule has 0 bridgehead atoms. The lowest BCUT2D eigenvalue weighted by atomic mass is 9.85. The highest BCUT2D eigenvalue weighted by atomic mass is 19.1. The zero-order valence-corrected chi connectivity index (χ0v) is 13.7. The third kappa shape index (κ3) is 4.01. The summed E-state index contributed by atoms with van der Waals surface area (Å²) in [5.74, 6) is -0.538. The van der Waals surface area contributed by atoms with E-state index in [1.165, 1.54) is 24.4 Å². The summed E-state index contributed by atoms with van der Waals surface area (Å²) in [5.41, 5.74) is 0.592. The topological polar surface area (TPSA) is 77.2 Å². The third-order valence-corrected chi connectivity index (χ3v) is 4.54. The van der Waals surface area contributed by atoms with Gasteiger partial charge >= 0.3 is 0 Å². The number of benzene rings is 1. The Hall–Kier alpha value is -2.78. The van der Waals surface area contributed by atoms with Gasteiger partial charge in [-0.2, -0.15) is 5.26 Å². The molecule has 5 nitrogen and oxygen atoms in total. The number of rotatable bonds is 3. The van der Waals surface area contributed by atoms with Gasteiger partial charge in [0, 0.05) is 25.7 Å². The van der Waals surface area contributed by atoms with Crippen molar-refractivity contribution in [3.05, 3.63) is 65.2 Å². The number of halogens is 1. The van der Waals surface area contributed by atoms with E-state index in [9.17, 15) is 14.3 Å². The smallest absolute Gasteiger partial charge is 0.272 e. The lowest BCUT2D eigenvalue weighted by Crippen LogP contribution is -2.47. The van der Waals surface area contributed by atoms with Gasteiger partial charge in [0.2, 0.25) is 0 Å². The largest absolute Gasteiger partial charge is 0.389 e. The van der Waals surface area contributed by atoms with Crippen LogP contribution in [-0.4, -0.2) is 39.6 Å². The average molecular weight is 339 g/mol. The van der Waals surface area contributed by atoms with Crippen LogP contribution in [0.25, 0.3) is 0 Å². The molecule has 1 fully saturated rings. The van der Waals surface area contributed by atoms with Crippen molar-refractivity contribution < 1.29 is 14.3 Å². The predicted octanol–water partition coefficient (Wildman–Crippen LogP) is 2.30. The molecule has 0 saturated carbocycles. The second kappa shape index (κ2) is 6.99. The number of amides is 1. The maximum atomic E-state index is 13.0. The van der Waals surface area contributed by atoms with Gasteiger partial charge < -0.3 is 10.0 Å². The summed E-state index contributed by atoms with van der Waals surface area (Å²) in [4.78, 5) is 18.2. The van der Waals surface area contributed by atoms with Crippen LogP contribution in [-0.2, 0) is 6.42 Å². The van der Waals surface area contributed by atoms with Crippen LogP contribution in [0, 0.1) is 17.1 Å². The van der Waals surface area contributed by atoms with Crippen molar-refractivity contribution in [1.29, 1.82) is 5.26 Å². The number of nitriles is 1. The number of carbonyl (C=O) groups is 1. The van der Waals surface area contributed by atoms with E-state index in [1.54, 1.807) is 23.1 Å². The molecule has 1 amide bonds. The fourth-order valence-corrected chi connectivity index (χ4v) is 3.06. The van der Waals surface area contributed by atoms with Gasteiger partial charge in [-0.15, -0.1) is 0 Å². The monoisotopic (exact) mass is 339 g/mol. The van der Waals surface area contributed by atoms with E-state index in [4.69, 9.17) is 5.26 Å². The molecule has 2 heterocycles. The summed E-state index contributed by atoms with van der Waals surface area (Å²) in [6, 6.07) is 11.1. The Labute approximate surface area is 145 Å². The maximum absolute atomic E-state index is 13.0. The van der Waals surface area contributed by atoms with Gasteiger partial charge in [0.05, 0.1) is 17.2 Å². The van der Waals surface area contributed by atoms with Gasteiger partial charge in [0.25, 0.3) is 5.91 Å². The van der Waals surface area contributed by atoms with Gasteiger partial charge in [-0.25, -0.2) is 4.39 Å². The highest BCUT2D eigenvalue weighted by molar-refractivity contribution is 5.92. The molecule has 1 aliphatic heterocycles. The highest BCUT2D eigenvalue weighted by Gasteiger charge is 2.34. The minimum absolute atomic E-state index is 0.235. The molecule has 1 aliphatic rings. The van der Waals surface area contributed by atoms with Crippen LogP contribution in [0.5, 0.6) is 0 Å². The van der Waals surface area contributed by atoms with Crippen molar-refractivity contribution >= 4 is 5.91 Å². The first-order valence-corrected chi connectivity index (χ1v) is 8.11. The quantitative estimate of drug-likeness (QED) is 0.931. The summed E-state index contributed by atoms with van der Waals surface area (Å²) in [6.07, 6.45) is 2.75. The van der Waals surface area contributed by atoms with E-state index < -0.39 is 5.60 Å². The first-order valence-electron chi connectivity index (χ1n) is 8.11. The molecule has 0 atom stereocenters. The summed E-state index contributed by atoms with van der Waals surface area (Å²) in [6.45, 7) is 0.823. The first kappa shape index (κ1) is 17.1. The van der Waals surface area contributed by atoms with Gasteiger partial charge in [0.1, 0.15) is 11.5 Å². The number of aliphatic hydroxyl groups is 1. The second-order valence-electron chi connectivity index (χ2n) is 6.36. The zero-order chi connectivity index (χ0) is 17.9. The van der Waals surface area contributed by atoms with Crippen LogP contribution >= 0.6 is 0 Å². The molecule has 0 aliphatic carbocycles. The molecule has 25 heavy (non-hydrogen) atoms. The molecule has 1 N–H and O–H groups in total. The summed E-state index contributed by atoms with van der Waals surface area (Å²) in [5, 5.41) is 19.7. The van der Waals surface area contributed by atoms with Crippen LogP contribution < -0.4 is 0 Å². The molecule has 0 spiro atoms. The Morgan fingerprint density at radius 1 is 1.28 bits per heavy atom. The van der Waals surface area contributed by atoms with Crippen molar-refractivity contribution in [1.82, 2.24) is 9.88 Å². The molecular formula is C19H18FN3O2. The van der Waals surface area contributed by atoms with Crippen molar-refractivity contribution in [2.75, 3.05) is 13.1 Å². The molecule has 128 valence electrons. The molecule has 6 heteroatoms. The molecule has 2 aromatic rings. The third-order valence-electron chi connectivity index (χ3n) is 4.54. The Balaban J connectivity index is 1.63. The lowest BCUT2D eigenvalue weighted by Gasteiger charge is -2.38. The molecule has 1 aromatic heterocycles. The van der Waals surface area contributed by atoms with Crippen LogP contribution in [0.15, 0.2) is 42.6 Å². The summed E-state index contributed by atoms with van der Waals surface area (Å²) in [7, 11) is 0. The number of hydrogen-bond donors (Lipinski definition) is 1. The molecule has 1 saturated heterocycles. The van der Waals surface area contributed by atoms with Crippen LogP contribution in [0.2, 0.25) is 0 Å².